The SMILES string of the molecule is COCCCNC(=O)[C@H](C)n1nc(-c2ccc(OC)cc2)c(OC)cc1=O. The Bertz CT molecular complexity index is 817. The summed E-state index contributed by atoms with van der Waals surface area (Å²) in [5, 5.41) is 7.17. The van der Waals surface area contributed by atoms with Gasteiger partial charge < -0.3 is 19.5 Å². The molecule has 0 aliphatic heterocycles. The third-order valence-corrected chi connectivity index (χ3v) is 4.08. The maximum atomic E-state index is 12.4. The van der Waals surface area contributed by atoms with E-state index in [-0.39, 0.29) is 5.91 Å². The molecule has 1 heterocycles. The number of aromatic nitrogens is 2. The van der Waals surface area contributed by atoms with Crippen LogP contribution in [0.2, 0.25) is 0 Å². The van der Waals surface area contributed by atoms with Crippen LogP contribution in [0, 0.1) is 0 Å². The van der Waals surface area contributed by atoms with Gasteiger partial charge in [-0.05, 0) is 37.6 Å². The lowest BCUT2D eigenvalue weighted by Crippen LogP contribution is -2.37. The zero-order valence-electron chi connectivity index (χ0n) is 16.0. The van der Waals surface area contributed by atoms with Crippen LogP contribution in [0.1, 0.15) is 19.4 Å². The molecule has 2 aromatic rings. The molecule has 0 spiro atoms. The molecule has 0 bridgehead atoms. The maximum Gasteiger partial charge on any atom is 0.271 e. The van der Waals surface area contributed by atoms with E-state index in [0.29, 0.717) is 36.8 Å². The molecule has 0 saturated heterocycles. The summed E-state index contributed by atoms with van der Waals surface area (Å²) in [6.45, 7) is 2.65. The Balaban J connectivity index is 2.31. The summed E-state index contributed by atoms with van der Waals surface area (Å²) < 4.78 is 16.6. The second kappa shape index (κ2) is 9.72. The van der Waals surface area contributed by atoms with Crippen LogP contribution in [0.25, 0.3) is 11.3 Å². The molecule has 8 heteroatoms. The molecule has 2 rings (SSSR count). The highest BCUT2D eigenvalue weighted by Crippen LogP contribution is 2.28. The summed E-state index contributed by atoms with van der Waals surface area (Å²) >= 11 is 0. The first-order valence-corrected chi connectivity index (χ1v) is 8.60. The van der Waals surface area contributed by atoms with Gasteiger partial charge in [0.15, 0.2) is 5.75 Å². The summed E-state index contributed by atoms with van der Waals surface area (Å²) in [5.74, 6) is 0.760. The number of hydrogen-bond acceptors (Lipinski definition) is 6. The Morgan fingerprint density at radius 1 is 1.19 bits per heavy atom. The normalized spacial score (nSPS) is 11.7. The number of carbonyl (C=O) groups excluding carboxylic acids is 1. The van der Waals surface area contributed by atoms with E-state index >= 15 is 0 Å². The molecule has 1 aromatic carbocycles. The molecule has 0 unspecified atom stereocenters. The minimum atomic E-state index is -0.761. The average molecular weight is 375 g/mol. The molecule has 27 heavy (non-hydrogen) atoms. The van der Waals surface area contributed by atoms with E-state index in [4.69, 9.17) is 14.2 Å². The van der Waals surface area contributed by atoms with Crippen LogP contribution < -0.4 is 20.3 Å². The number of nitrogens with one attached hydrogen (secondary N) is 1. The van der Waals surface area contributed by atoms with Gasteiger partial charge >= 0.3 is 0 Å². The van der Waals surface area contributed by atoms with Crippen molar-refractivity contribution in [2.24, 2.45) is 0 Å². The fourth-order valence-electron chi connectivity index (χ4n) is 2.52. The third kappa shape index (κ3) is 5.07. The minimum Gasteiger partial charge on any atom is -0.497 e. The number of ether oxygens (including phenoxy) is 3. The highest BCUT2D eigenvalue weighted by atomic mass is 16.5. The van der Waals surface area contributed by atoms with Crippen LogP contribution in [0.4, 0.5) is 0 Å². The maximum absolute atomic E-state index is 12.4. The predicted molar refractivity (Wildman–Crippen MR) is 101 cm³/mol. The standard InChI is InChI=1S/C19H25N3O5/c1-13(19(24)20-10-5-11-25-2)22-17(23)12-16(27-4)18(21-22)14-6-8-15(26-3)9-7-14/h6-9,12-13H,5,10-11H2,1-4H3,(H,20,24)/t13-/m0/s1. The molecule has 1 amide bonds. The van der Waals surface area contributed by atoms with Crippen LogP contribution in [-0.4, -0.2) is 50.2 Å². The van der Waals surface area contributed by atoms with Gasteiger partial charge in [0, 0.05) is 31.9 Å². The molecule has 8 nitrogen and oxygen atoms in total. The molecule has 146 valence electrons. The van der Waals surface area contributed by atoms with Gasteiger partial charge in [-0.15, -0.1) is 0 Å². The van der Waals surface area contributed by atoms with Gasteiger partial charge in [-0.2, -0.15) is 5.10 Å². The minimum absolute atomic E-state index is 0.286. The molecule has 0 aliphatic rings. The van der Waals surface area contributed by atoms with Gasteiger partial charge in [0.2, 0.25) is 5.91 Å². The fraction of sp³-hybridized carbons (Fsp3) is 0.421. The first-order chi connectivity index (χ1) is 13.0. The van der Waals surface area contributed by atoms with E-state index in [1.807, 2.05) is 12.1 Å². The number of benzene rings is 1. The Morgan fingerprint density at radius 2 is 1.89 bits per heavy atom. The summed E-state index contributed by atoms with van der Waals surface area (Å²) in [4.78, 5) is 24.8. The van der Waals surface area contributed by atoms with E-state index in [1.165, 1.54) is 13.2 Å². The summed E-state index contributed by atoms with van der Waals surface area (Å²) in [6, 6.07) is 7.78. The Labute approximate surface area is 158 Å². The monoisotopic (exact) mass is 375 g/mol. The molecule has 1 atom stereocenters. The lowest BCUT2D eigenvalue weighted by Gasteiger charge is -2.16. The van der Waals surface area contributed by atoms with Gasteiger partial charge in [-0.25, -0.2) is 4.68 Å². The van der Waals surface area contributed by atoms with Crippen LogP contribution >= 0.6 is 0 Å². The largest absolute Gasteiger partial charge is 0.497 e. The highest BCUT2D eigenvalue weighted by molar-refractivity contribution is 5.79. The predicted octanol–water partition coefficient (Wildman–Crippen LogP) is 1.64. The van der Waals surface area contributed by atoms with Crippen molar-refractivity contribution in [1.82, 2.24) is 15.1 Å². The van der Waals surface area contributed by atoms with Gasteiger partial charge in [0.1, 0.15) is 17.5 Å². The summed E-state index contributed by atoms with van der Waals surface area (Å²) in [5.41, 5.74) is 0.802. The quantitative estimate of drug-likeness (QED) is 0.670. The number of methoxy groups -OCH3 is 3. The van der Waals surface area contributed by atoms with Crippen LogP contribution in [0.5, 0.6) is 11.5 Å². The second-order valence-electron chi connectivity index (χ2n) is 5.89. The second-order valence-corrected chi connectivity index (χ2v) is 5.89. The summed E-state index contributed by atoms with van der Waals surface area (Å²) in [6.07, 6.45) is 0.691. The van der Waals surface area contributed by atoms with Crippen molar-refractivity contribution in [3.05, 3.63) is 40.7 Å². The van der Waals surface area contributed by atoms with Gasteiger partial charge in [-0.3, -0.25) is 9.59 Å². The van der Waals surface area contributed by atoms with Gasteiger partial charge in [0.25, 0.3) is 5.56 Å². The summed E-state index contributed by atoms with van der Waals surface area (Å²) in [7, 11) is 4.66. The number of hydrogen-bond donors (Lipinski definition) is 1. The molecule has 0 aliphatic carbocycles. The zero-order chi connectivity index (χ0) is 19.8. The van der Waals surface area contributed by atoms with E-state index in [2.05, 4.69) is 10.4 Å². The van der Waals surface area contributed by atoms with Gasteiger partial charge in [0.05, 0.1) is 14.2 Å². The molecular weight excluding hydrogens is 350 g/mol. The number of rotatable bonds is 9. The lowest BCUT2D eigenvalue weighted by molar-refractivity contribution is -0.124. The average Bonchev–Trinajstić information content (AvgIpc) is 2.70. The number of amides is 1. The fourth-order valence-corrected chi connectivity index (χ4v) is 2.52. The Hall–Kier alpha value is -2.87. The first kappa shape index (κ1) is 20.4. The van der Waals surface area contributed by atoms with Crippen LogP contribution in [0.15, 0.2) is 35.1 Å². The highest BCUT2D eigenvalue weighted by Gasteiger charge is 2.20. The Morgan fingerprint density at radius 3 is 2.48 bits per heavy atom. The zero-order valence-corrected chi connectivity index (χ0v) is 16.0. The van der Waals surface area contributed by atoms with Crippen molar-refractivity contribution in [2.75, 3.05) is 34.5 Å². The smallest absolute Gasteiger partial charge is 0.271 e. The van der Waals surface area contributed by atoms with Crippen LogP contribution in [0.3, 0.4) is 0 Å². The van der Waals surface area contributed by atoms with E-state index < -0.39 is 11.6 Å². The Kier molecular flexibility index (Phi) is 7.36. The molecule has 1 N–H and O–H groups in total. The number of nitrogens with zero attached hydrogens (tertiary/aromatic N) is 2. The first-order valence-electron chi connectivity index (χ1n) is 8.60. The molecule has 1 aromatic heterocycles. The van der Waals surface area contributed by atoms with E-state index in [0.717, 1.165) is 10.2 Å². The van der Waals surface area contributed by atoms with Crippen molar-refractivity contribution >= 4 is 5.91 Å². The molecule has 0 saturated carbocycles. The van der Waals surface area contributed by atoms with E-state index in [9.17, 15) is 9.59 Å². The van der Waals surface area contributed by atoms with E-state index in [1.54, 1.807) is 33.3 Å². The topological polar surface area (TPSA) is 91.7 Å². The molecule has 0 fully saturated rings. The third-order valence-electron chi connectivity index (χ3n) is 4.08. The molecule has 0 radical (unpaired) electrons. The van der Waals surface area contributed by atoms with Crippen molar-refractivity contribution in [1.29, 1.82) is 0 Å². The van der Waals surface area contributed by atoms with Crippen molar-refractivity contribution in [3.8, 4) is 22.8 Å². The lowest BCUT2D eigenvalue weighted by atomic mass is 10.1. The van der Waals surface area contributed by atoms with Crippen molar-refractivity contribution in [3.63, 3.8) is 0 Å². The van der Waals surface area contributed by atoms with Crippen LogP contribution in [-0.2, 0) is 9.53 Å². The van der Waals surface area contributed by atoms with Crippen molar-refractivity contribution in [2.45, 2.75) is 19.4 Å². The molecular formula is C19H25N3O5. The van der Waals surface area contributed by atoms with Crippen molar-refractivity contribution < 1.29 is 19.0 Å². The number of carbonyl (C=O) groups is 1. The van der Waals surface area contributed by atoms with Gasteiger partial charge in [-0.1, -0.05) is 0 Å².